The Hall–Kier alpha value is -4.92. The SMILES string of the molecule is COc1cc(NC(=O)C(=O)Nc2cccc(CNC(=O)c3ccccc3C)c2)ccc1-c1cnco1. The van der Waals surface area contributed by atoms with E-state index in [1.807, 2.05) is 31.2 Å². The maximum absolute atomic E-state index is 12.5. The van der Waals surface area contributed by atoms with Crippen molar-refractivity contribution in [1.29, 1.82) is 0 Å². The van der Waals surface area contributed by atoms with Crippen LogP contribution in [0.2, 0.25) is 0 Å². The van der Waals surface area contributed by atoms with Gasteiger partial charge < -0.3 is 25.1 Å². The maximum atomic E-state index is 12.5. The number of methoxy groups -OCH3 is 1. The van der Waals surface area contributed by atoms with Crippen molar-refractivity contribution in [3.8, 4) is 17.1 Å². The van der Waals surface area contributed by atoms with Crippen LogP contribution >= 0.6 is 0 Å². The smallest absolute Gasteiger partial charge is 0.314 e. The predicted octanol–water partition coefficient (Wildman–Crippen LogP) is 4.17. The molecule has 0 aliphatic rings. The van der Waals surface area contributed by atoms with E-state index in [0.29, 0.717) is 34.0 Å². The highest BCUT2D eigenvalue weighted by molar-refractivity contribution is 6.43. The summed E-state index contributed by atoms with van der Waals surface area (Å²) in [5.41, 5.74) is 3.71. The van der Waals surface area contributed by atoms with Crippen LogP contribution < -0.4 is 20.7 Å². The molecule has 0 fully saturated rings. The molecule has 4 rings (SSSR count). The Bertz CT molecular complexity index is 1400. The van der Waals surface area contributed by atoms with Crippen molar-refractivity contribution in [2.24, 2.45) is 0 Å². The predicted molar refractivity (Wildman–Crippen MR) is 135 cm³/mol. The van der Waals surface area contributed by atoms with Gasteiger partial charge in [-0.25, -0.2) is 4.98 Å². The number of benzene rings is 3. The lowest BCUT2D eigenvalue weighted by Crippen LogP contribution is -2.29. The molecule has 0 bridgehead atoms. The monoisotopic (exact) mass is 484 g/mol. The van der Waals surface area contributed by atoms with Gasteiger partial charge in [-0.1, -0.05) is 30.3 Å². The second-order valence-electron chi connectivity index (χ2n) is 7.89. The molecular weight excluding hydrogens is 460 g/mol. The summed E-state index contributed by atoms with van der Waals surface area (Å²) in [4.78, 5) is 41.3. The molecule has 3 aromatic carbocycles. The van der Waals surface area contributed by atoms with Crippen molar-refractivity contribution in [2.75, 3.05) is 17.7 Å². The quantitative estimate of drug-likeness (QED) is 0.339. The number of aryl methyl sites for hydroxylation is 1. The number of hydrogen-bond acceptors (Lipinski definition) is 6. The highest BCUT2D eigenvalue weighted by atomic mass is 16.5. The van der Waals surface area contributed by atoms with E-state index in [-0.39, 0.29) is 12.5 Å². The number of carbonyl (C=O) groups excluding carboxylic acids is 3. The van der Waals surface area contributed by atoms with E-state index in [1.54, 1.807) is 48.7 Å². The van der Waals surface area contributed by atoms with E-state index in [9.17, 15) is 14.4 Å². The molecule has 0 spiro atoms. The van der Waals surface area contributed by atoms with Crippen molar-refractivity contribution in [1.82, 2.24) is 10.3 Å². The molecule has 0 saturated carbocycles. The van der Waals surface area contributed by atoms with Crippen molar-refractivity contribution in [3.63, 3.8) is 0 Å². The van der Waals surface area contributed by atoms with Gasteiger partial charge in [0.2, 0.25) is 0 Å². The van der Waals surface area contributed by atoms with Gasteiger partial charge in [0.1, 0.15) is 5.75 Å². The summed E-state index contributed by atoms with van der Waals surface area (Å²) < 4.78 is 10.7. The van der Waals surface area contributed by atoms with Crippen molar-refractivity contribution >= 4 is 29.1 Å². The fourth-order valence-corrected chi connectivity index (χ4v) is 3.56. The molecule has 182 valence electrons. The first-order chi connectivity index (χ1) is 17.4. The van der Waals surface area contributed by atoms with E-state index in [4.69, 9.17) is 9.15 Å². The van der Waals surface area contributed by atoms with Gasteiger partial charge in [-0.3, -0.25) is 14.4 Å². The van der Waals surface area contributed by atoms with E-state index in [0.717, 1.165) is 11.1 Å². The van der Waals surface area contributed by atoms with Crippen LogP contribution in [0.3, 0.4) is 0 Å². The zero-order valence-electron chi connectivity index (χ0n) is 19.7. The minimum atomic E-state index is -0.845. The van der Waals surface area contributed by atoms with E-state index in [2.05, 4.69) is 20.9 Å². The zero-order chi connectivity index (χ0) is 25.5. The average Bonchev–Trinajstić information content (AvgIpc) is 3.42. The van der Waals surface area contributed by atoms with Crippen LogP contribution in [-0.4, -0.2) is 29.8 Å². The number of amides is 3. The molecule has 0 aliphatic heterocycles. The van der Waals surface area contributed by atoms with Crippen molar-refractivity contribution in [2.45, 2.75) is 13.5 Å². The summed E-state index contributed by atoms with van der Waals surface area (Å²) in [6.07, 6.45) is 2.85. The standard InChI is InChI=1S/C27H24N4O5/c1-17-6-3-4-9-21(17)25(32)29-14-18-7-5-8-19(12-18)30-26(33)27(34)31-20-10-11-22(23(13-20)35-2)24-15-28-16-36-24/h3-13,15-16H,14H2,1-2H3,(H,29,32)(H,30,33)(H,31,34). The first-order valence-electron chi connectivity index (χ1n) is 11.1. The van der Waals surface area contributed by atoms with Crippen molar-refractivity contribution in [3.05, 3.63) is 96.0 Å². The van der Waals surface area contributed by atoms with Crippen LogP contribution in [0.15, 0.2) is 83.7 Å². The van der Waals surface area contributed by atoms with Gasteiger partial charge in [0, 0.05) is 29.5 Å². The number of hydrogen-bond donors (Lipinski definition) is 3. The molecular formula is C27H24N4O5. The largest absolute Gasteiger partial charge is 0.496 e. The molecule has 9 heteroatoms. The Morgan fingerprint density at radius 2 is 1.67 bits per heavy atom. The van der Waals surface area contributed by atoms with Gasteiger partial charge >= 0.3 is 11.8 Å². The summed E-state index contributed by atoms with van der Waals surface area (Å²) in [6.45, 7) is 2.14. The van der Waals surface area contributed by atoms with Crippen LogP contribution in [0, 0.1) is 6.92 Å². The zero-order valence-corrected chi connectivity index (χ0v) is 19.7. The minimum Gasteiger partial charge on any atom is -0.496 e. The molecule has 3 N–H and O–H groups in total. The third-order valence-corrected chi connectivity index (χ3v) is 5.39. The number of nitrogens with one attached hydrogen (secondary N) is 3. The van der Waals surface area contributed by atoms with E-state index >= 15 is 0 Å². The molecule has 1 heterocycles. The maximum Gasteiger partial charge on any atom is 0.314 e. The lowest BCUT2D eigenvalue weighted by molar-refractivity contribution is -0.132. The number of carbonyl (C=O) groups is 3. The van der Waals surface area contributed by atoms with Crippen LogP contribution in [0.5, 0.6) is 5.75 Å². The average molecular weight is 485 g/mol. The van der Waals surface area contributed by atoms with Crippen LogP contribution in [-0.2, 0) is 16.1 Å². The fourth-order valence-electron chi connectivity index (χ4n) is 3.56. The number of aromatic nitrogens is 1. The highest BCUT2D eigenvalue weighted by Crippen LogP contribution is 2.32. The number of ether oxygens (including phenoxy) is 1. The lowest BCUT2D eigenvalue weighted by Gasteiger charge is -2.11. The van der Waals surface area contributed by atoms with Gasteiger partial charge in [0.15, 0.2) is 12.2 Å². The Balaban J connectivity index is 1.36. The third-order valence-electron chi connectivity index (χ3n) is 5.39. The fraction of sp³-hybridized carbons (Fsp3) is 0.111. The summed E-state index contributed by atoms with van der Waals surface area (Å²) in [5, 5.41) is 7.99. The number of anilines is 2. The molecule has 4 aromatic rings. The van der Waals surface area contributed by atoms with Crippen molar-refractivity contribution < 1.29 is 23.5 Å². The Morgan fingerprint density at radius 3 is 2.36 bits per heavy atom. The topological polar surface area (TPSA) is 123 Å². The lowest BCUT2D eigenvalue weighted by atomic mass is 10.1. The summed E-state index contributed by atoms with van der Waals surface area (Å²) >= 11 is 0. The molecule has 0 atom stereocenters. The summed E-state index contributed by atoms with van der Waals surface area (Å²) in [7, 11) is 1.49. The van der Waals surface area contributed by atoms with Crippen LogP contribution in [0.1, 0.15) is 21.5 Å². The van der Waals surface area contributed by atoms with Gasteiger partial charge in [-0.05, 0) is 48.4 Å². The molecule has 0 aliphatic carbocycles. The molecule has 0 unspecified atom stereocenters. The number of rotatable bonds is 7. The molecule has 9 nitrogen and oxygen atoms in total. The minimum absolute atomic E-state index is 0.188. The molecule has 0 radical (unpaired) electrons. The Labute approximate surface area is 207 Å². The van der Waals surface area contributed by atoms with Crippen LogP contribution in [0.4, 0.5) is 11.4 Å². The second-order valence-corrected chi connectivity index (χ2v) is 7.89. The van der Waals surface area contributed by atoms with Gasteiger partial charge in [0.25, 0.3) is 5.91 Å². The van der Waals surface area contributed by atoms with E-state index < -0.39 is 11.8 Å². The molecule has 1 aromatic heterocycles. The first kappa shape index (κ1) is 24.2. The molecule has 36 heavy (non-hydrogen) atoms. The Kier molecular flexibility index (Phi) is 7.40. The third kappa shape index (κ3) is 5.76. The normalized spacial score (nSPS) is 10.4. The number of oxazole rings is 1. The highest BCUT2D eigenvalue weighted by Gasteiger charge is 2.17. The van der Waals surface area contributed by atoms with Gasteiger partial charge in [0.05, 0.1) is 18.9 Å². The second kappa shape index (κ2) is 11.0. The van der Waals surface area contributed by atoms with Gasteiger partial charge in [-0.2, -0.15) is 0 Å². The first-order valence-corrected chi connectivity index (χ1v) is 11.1. The van der Waals surface area contributed by atoms with Gasteiger partial charge in [-0.15, -0.1) is 0 Å². The molecule has 3 amide bonds. The van der Waals surface area contributed by atoms with E-state index in [1.165, 1.54) is 13.5 Å². The summed E-state index contributed by atoms with van der Waals surface area (Å²) in [6, 6.07) is 19.1. The summed E-state index contributed by atoms with van der Waals surface area (Å²) in [5.74, 6) is -0.911. The van der Waals surface area contributed by atoms with Crippen LogP contribution in [0.25, 0.3) is 11.3 Å². The molecule has 0 saturated heterocycles. The Morgan fingerprint density at radius 1 is 0.917 bits per heavy atom. The number of nitrogens with zero attached hydrogens (tertiary/aromatic N) is 1.